The van der Waals surface area contributed by atoms with E-state index in [0.29, 0.717) is 18.9 Å². The molecular formula is C14H18N2O2. The molecule has 1 aromatic heterocycles. The van der Waals surface area contributed by atoms with Crippen LogP contribution >= 0.6 is 0 Å². The summed E-state index contributed by atoms with van der Waals surface area (Å²) in [7, 11) is 0. The van der Waals surface area contributed by atoms with Crippen LogP contribution in [0.25, 0.3) is 11.1 Å². The van der Waals surface area contributed by atoms with Crippen LogP contribution in [0.3, 0.4) is 0 Å². The van der Waals surface area contributed by atoms with Gasteiger partial charge < -0.3 is 9.73 Å². The van der Waals surface area contributed by atoms with Crippen molar-refractivity contribution >= 4 is 17.0 Å². The fourth-order valence-electron chi connectivity index (χ4n) is 1.85. The molecule has 0 bridgehead atoms. The monoisotopic (exact) mass is 246 g/mol. The molecule has 0 spiro atoms. The van der Waals surface area contributed by atoms with Gasteiger partial charge in [0.25, 0.3) is 0 Å². The van der Waals surface area contributed by atoms with Crippen LogP contribution in [0.15, 0.2) is 29.0 Å². The maximum Gasteiger partial charge on any atom is 0.220 e. The molecule has 0 aliphatic carbocycles. The predicted octanol–water partition coefficient (Wildman–Crippen LogP) is 2.53. The third-order valence-corrected chi connectivity index (χ3v) is 2.72. The lowest BCUT2D eigenvalue weighted by molar-refractivity contribution is -0.121. The van der Waals surface area contributed by atoms with Crippen molar-refractivity contribution in [1.82, 2.24) is 10.3 Å². The second-order valence-electron chi connectivity index (χ2n) is 4.85. The average Bonchev–Trinajstić information content (AvgIpc) is 2.75. The standard InChI is InChI=1S/C14H18N2O2/c1-10(2)7-14(17)15-6-5-11-3-4-13-12(8-11)16-9-18-13/h3-4,8-10H,5-7H2,1-2H3,(H,15,17). The van der Waals surface area contributed by atoms with Gasteiger partial charge in [0.05, 0.1) is 0 Å². The quantitative estimate of drug-likeness (QED) is 0.882. The Morgan fingerprint density at radius 2 is 2.28 bits per heavy atom. The van der Waals surface area contributed by atoms with Gasteiger partial charge in [0.2, 0.25) is 5.91 Å². The number of oxazole rings is 1. The number of hydrogen-bond donors (Lipinski definition) is 1. The summed E-state index contributed by atoms with van der Waals surface area (Å²) < 4.78 is 5.18. The molecular weight excluding hydrogens is 228 g/mol. The van der Waals surface area contributed by atoms with Gasteiger partial charge >= 0.3 is 0 Å². The highest BCUT2D eigenvalue weighted by atomic mass is 16.3. The summed E-state index contributed by atoms with van der Waals surface area (Å²) in [6.07, 6.45) is 2.84. The molecule has 1 N–H and O–H groups in total. The highest BCUT2D eigenvalue weighted by molar-refractivity contribution is 5.76. The maximum atomic E-state index is 11.5. The topological polar surface area (TPSA) is 55.1 Å². The zero-order valence-electron chi connectivity index (χ0n) is 10.8. The first kappa shape index (κ1) is 12.6. The van der Waals surface area contributed by atoms with Crippen molar-refractivity contribution in [3.8, 4) is 0 Å². The van der Waals surface area contributed by atoms with Crippen molar-refractivity contribution in [2.45, 2.75) is 26.7 Å². The van der Waals surface area contributed by atoms with E-state index in [1.54, 1.807) is 0 Å². The van der Waals surface area contributed by atoms with Crippen LogP contribution in [-0.4, -0.2) is 17.4 Å². The number of nitrogens with one attached hydrogen (secondary N) is 1. The molecule has 4 heteroatoms. The molecule has 0 fully saturated rings. The van der Waals surface area contributed by atoms with Crippen molar-refractivity contribution < 1.29 is 9.21 Å². The van der Waals surface area contributed by atoms with Crippen molar-refractivity contribution in [3.05, 3.63) is 30.2 Å². The Balaban J connectivity index is 1.84. The zero-order chi connectivity index (χ0) is 13.0. The van der Waals surface area contributed by atoms with Gasteiger partial charge in [-0.15, -0.1) is 0 Å². The lowest BCUT2D eigenvalue weighted by Crippen LogP contribution is -2.26. The van der Waals surface area contributed by atoms with Crippen molar-refractivity contribution in [1.29, 1.82) is 0 Å². The highest BCUT2D eigenvalue weighted by Crippen LogP contribution is 2.14. The molecule has 1 heterocycles. The molecule has 0 aliphatic rings. The van der Waals surface area contributed by atoms with Gasteiger partial charge in [0, 0.05) is 13.0 Å². The van der Waals surface area contributed by atoms with Crippen molar-refractivity contribution in [3.63, 3.8) is 0 Å². The Morgan fingerprint density at radius 3 is 3.06 bits per heavy atom. The lowest BCUT2D eigenvalue weighted by Gasteiger charge is -2.07. The molecule has 2 aromatic rings. The van der Waals surface area contributed by atoms with Gasteiger partial charge in [-0.3, -0.25) is 4.79 Å². The van der Waals surface area contributed by atoms with Gasteiger partial charge in [0.15, 0.2) is 12.0 Å². The van der Waals surface area contributed by atoms with Gasteiger partial charge in [-0.25, -0.2) is 4.98 Å². The summed E-state index contributed by atoms with van der Waals surface area (Å²) in [4.78, 5) is 15.6. The minimum atomic E-state index is 0.118. The zero-order valence-corrected chi connectivity index (χ0v) is 10.8. The summed E-state index contributed by atoms with van der Waals surface area (Å²) in [5.41, 5.74) is 2.81. The van der Waals surface area contributed by atoms with E-state index in [1.807, 2.05) is 32.0 Å². The number of carbonyl (C=O) groups is 1. The smallest absolute Gasteiger partial charge is 0.220 e. The molecule has 0 saturated heterocycles. The van der Waals surface area contributed by atoms with E-state index in [1.165, 1.54) is 6.39 Å². The summed E-state index contributed by atoms with van der Waals surface area (Å²) in [5.74, 6) is 0.518. The molecule has 18 heavy (non-hydrogen) atoms. The van der Waals surface area contributed by atoms with E-state index in [2.05, 4.69) is 10.3 Å². The van der Waals surface area contributed by atoms with Gasteiger partial charge in [-0.1, -0.05) is 19.9 Å². The first-order valence-electron chi connectivity index (χ1n) is 6.24. The molecule has 1 amide bonds. The Kier molecular flexibility index (Phi) is 3.97. The molecule has 0 saturated carbocycles. The van der Waals surface area contributed by atoms with E-state index < -0.39 is 0 Å². The Bertz CT molecular complexity index is 531. The Labute approximate surface area is 106 Å². The third-order valence-electron chi connectivity index (χ3n) is 2.72. The minimum absolute atomic E-state index is 0.118. The third kappa shape index (κ3) is 3.32. The van der Waals surface area contributed by atoms with Crippen LogP contribution in [0.1, 0.15) is 25.8 Å². The van der Waals surface area contributed by atoms with Crippen molar-refractivity contribution in [2.24, 2.45) is 5.92 Å². The van der Waals surface area contributed by atoms with Crippen LogP contribution in [0.5, 0.6) is 0 Å². The van der Waals surface area contributed by atoms with Crippen molar-refractivity contribution in [2.75, 3.05) is 6.54 Å². The number of amides is 1. The molecule has 4 nitrogen and oxygen atoms in total. The second kappa shape index (κ2) is 5.67. The van der Waals surface area contributed by atoms with E-state index in [-0.39, 0.29) is 5.91 Å². The van der Waals surface area contributed by atoms with Crippen LogP contribution in [-0.2, 0) is 11.2 Å². The molecule has 0 atom stereocenters. The maximum absolute atomic E-state index is 11.5. The lowest BCUT2D eigenvalue weighted by atomic mass is 10.1. The average molecular weight is 246 g/mol. The summed E-state index contributed by atoms with van der Waals surface area (Å²) in [6.45, 7) is 4.74. The van der Waals surface area contributed by atoms with Crippen LogP contribution in [0.4, 0.5) is 0 Å². The fraction of sp³-hybridized carbons (Fsp3) is 0.429. The highest BCUT2D eigenvalue weighted by Gasteiger charge is 2.04. The fourth-order valence-corrected chi connectivity index (χ4v) is 1.85. The number of nitrogens with zero attached hydrogens (tertiary/aromatic N) is 1. The second-order valence-corrected chi connectivity index (χ2v) is 4.85. The van der Waals surface area contributed by atoms with E-state index in [9.17, 15) is 4.79 Å². The van der Waals surface area contributed by atoms with Gasteiger partial charge in [-0.2, -0.15) is 0 Å². The Morgan fingerprint density at radius 1 is 1.44 bits per heavy atom. The number of rotatable bonds is 5. The molecule has 0 unspecified atom stereocenters. The van der Waals surface area contributed by atoms with E-state index >= 15 is 0 Å². The first-order chi connectivity index (χ1) is 8.65. The largest absolute Gasteiger partial charge is 0.443 e. The normalized spacial score (nSPS) is 11.1. The number of aromatic nitrogens is 1. The summed E-state index contributed by atoms with van der Waals surface area (Å²) in [6, 6.07) is 5.91. The van der Waals surface area contributed by atoms with E-state index in [4.69, 9.17) is 4.42 Å². The Hall–Kier alpha value is -1.84. The summed E-state index contributed by atoms with van der Waals surface area (Å²) >= 11 is 0. The SMILES string of the molecule is CC(C)CC(=O)NCCc1ccc2ocnc2c1. The number of fused-ring (bicyclic) bond motifs is 1. The molecule has 1 aromatic carbocycles. The number of hydrogen-bond acceptors (Lipinski definition) is 3. The molecule has 0 radical (unpaired) electrons. The molecule has 0 aliphatic heterocycles. The van der Waals surface area contributed by atoms with Gasteiger partial charge in [-0.05, 0) is 30.0 Å². The van der Waals surface area contributed by atoms with E-state index in [0.717, 1.165) is 23.1 Å². The van der Waals surface area contributed by atoms with Crippen LogP contribution in [0.2, 0.25) is 0 Å². The van der Waals surface area contributed by atoms with Crippen LogP contribution < -0.4 is 5.32 Å². The van der Waals surface area contributed by atoms with Crippen LogP contribution in [0, 0.1) is 5.92 Å². The van der Waals surface area contributed by atoms with Gasteiger partial charge in [0.1, 0.15) is 5.52 Å². The summed E-state index contributed by atoms with van der Waals surface area (Å²) in [5, 5.41) is 2.92. The minimum Gasteiger partial charge on any atom is -0.443 e. The molecule has 2 rings (SSSR count). The number of benzene rings is 1. The molecule has 96 valence electrons. The predicted molar refractivity (Wildman–Crippen MR) is 70.2 cm³/mol. The first-order valence-corrected chi connectivity index (χ1v) is 6.24. The number of carbonyl (C=O) groups excluding carboxylic acids is 1.